The van der Waals surface area contributed by atoms with Crippen LogP contribution in [0, 0.1) is 0 Å². The third-order valence-electron chi connectivity index (χ3n) is 5.15. The normalized spacial score (nSPS) is 16.5. The highest BCUT2D eigenvalue weighted by Gasteiger charge is 2.27. The van der Waals surface area contributed by atoms with Crippen LogP contribution in [0.5, 0.6) is 5.75 Å². The Bertz CT molecular complexity index is 899. The lowest BCUT2D eigenvalue weighted by Crippen LogP contribution is -2.39. The number of hydrogen-bond donors (Lipinski definition) is 0. The maximum Gasteiger partial charge on any atom is 0.151 e. The number of nitrogens with zero attached hydrogens (tertiary/aromatic N) is 5. The molecule has 2 aromatic heterocycles. The van der Waals surface area contributed by atoms with Gasteiger partial charge in [0.25, 0.3) is 0 Å². The number of rotatable bonds is 8. The van der Waals surface area contributed by atoms with Crippen LogP contribution in [-0.2, 0) is 6.54 Å². The summed E-state index contributed by atoms with van der Waals surface area (Å²) in [6, 6.07) is 12.7. The van der Waals surface area contributed by atoms with Crippen molar-refractivity contribution in [3.05, 3.63) is 53.7 Å². The number of ether oxygens (including phenoxy) is 1. The van der Waals surface area contributed by atoms with Gasteiger partial charge in [-0.3, -0.25) is 4.90 Å². The molecule has 1 unspecified atom stereocenters. The van der Waals surface area contributed by atoms with E-state index in [0.29, 0.717) is 12.6 Å². The van der Waals surface area contributed by atoms with Crippen LogP contribution in [0.1, 0.15) is 25.5 Å². The van der Waals surface area contributed by atoms with E-state index in [1.807, 2.05) is 25.1 Å². The van der Waals surface area contributed by atoms with Gasteiger partial charge in [-0.05, 0) is 63.2 Å². The van der Waals surface area contributed by atoms with Crippen molar-refractivity contribution in [3.8, 4) is 16.3 Å². The molecule has 0 saturated carbocycles. The molecule has 0 aliphatic carbocycles. The second-order valence-electron chi connectivity index (χ2n) is 7.37. The largest absolute Gasteiger partial charge is 0.494 e. The molecule has 152 valence electrons. The van der Waals surface area contributed by atoms with Gasteiger partial charge in [-0.2, -0.15) is 5.10 Å². The molecule has 1 aliphatic heterocycles. The summed E-state index contributed by atoms with van der Waals surface area (Å²) in [5.41, 5.74) is 2.25. The minimum atomic E-state index is 0.473. The van der Waals surface area contributed by atoms with Crippen LogP contribution in [0.15, 0.2) is 48.0 Å². The first-order valence-electron chi connectivity index (χ1n) is 10.1. The average Bonchev–Trinajstić information content (AvgIpc) is 3.39. The second kappa shape index (κ2) is 9.33. The van der Waals surface area contributed by atoms with Gasteiger partial charge < -0.3 is 9.64 Å². The number of likely N-dealkylation sites (N-methyl/N-ethyl adjacent to an activating group) is 1. The number of thiazole rings is 1. The third-order valence-corrected chi connectivity index (χ3v) is 6.09. The molecule has 1 aliphatic rings. The minimum absolute atomic E-state index is 0.473. The summed E-state index contributed by atoms with van der Waals surface area (Å²) < 4.78 is 5.52. The summed E-state index contributed by atoms with van der Waals surface area (Å²) in [5.74, 6) is 1.88. The molecular weight excluding hydrogens is 382 g/mol. The van der Waals surface area contributed by atoms with Crippen molar-refractivity contribution in [1.82, 2.24) is 20.1 Å². The molecule has 7 heteroatoms. The topological polar surface area (TPSA) is 54.4 Å². The maximum atomic E-state index is 5.52. The van der Waals surface area contributed by atoms with Crippen molar-refractivity contribution < 1.29 is 4.74 Å². The molecule has 3 heterocycles. The van der Waals surface area contributed by atoms with Gasteiger partial charge in [-0.15, -0.1) is 16.4 Å². The van der Waals surface area contributed by atoms with Crippen molar-refractivity contribution in [2.24, 2.45) is 0 Å². The Hall–Kier alpha value is -2.51. The maximum absolute atomic E-state index is 5.52. The first kappa shape index (κ1) is 19.8. The monoisotopic (exact) mass is 409 g/mol. The third kappa shape index (κ3) is 4.92. The molecule has 6 nitrogen and oxygen atoms in total. The highest BCUT2D eigenvalue weighted by Crippen LogP contribution is 2.27. The SMILES string of the molecule is CCOc1ccc(-c2nc(CN(C)CC3CCCN3c3cccnn3)cs2)cc1. The lowest BCUT2D eigenvalue weighted by atomic mass is 10.2. The minimum Gasteiger partial charge on any atom is -0.494 e. The fourth-order valence-electron chi connectivity index (χ4n) is 3.85. The number of hydrogen-bond acceptors (Lipinski definition) is 7. The zero-order valence-corrected chi connectivity index (χ0v) is 17.8. The van der Waals surface area contributed by atoms with Gasteiger partial charge >= 0.3 is 0 Å². The van der Waals surface area contributed by atoms with Gasteiger partial charge in [0, 0.05) is 42.8 Å². The molecule has 0 N–H and O–H groups in total. The fourth-order valence-corrected chi connectivity index (χ4v) is 4.66. The number of aromatic nitrogens is 3. The Morgan fingerprint density at radius 1 is 1.24 bits per heavy atom. The summed E-state index contributed by atoms with van der Waals surface area (Å²) in [4.78, 5) is 9.59. The van der Waals surface area contributed by atoms with Crippen LogP contribution in [0.4, 0.5) is 5.82 Å². The molecule has 29 heavy (non-hydrogen) atoms. The summed E-state index contributed by atoms with van der Waals surface area (Å²) >= 11 is 1.70. The standard InChI is InChI=1S/C22H27N5OS/c1-3-28-20-10-8-17(9-11-20)22-24-18(16-29-22)14-26(2)15-19-6-5-13-27(19)21-7-4-12-23-25-21/h4,7-12,16,19H,3,5-6,13-15H2,1-2H3. The van der Waals surface area contributed by atoms with Crippen LogP contribution in [0.3, 0.4) is 0 Å². The molecule has 1 saturated heterocycles. The average molecular weight is 410 g/mol. The van der Waals surface area contributed by atoms with E-state index in [1.165, 1.54) is 12.8 Å². The predicted octanol–water partition coefficient (Wildman–Crippen LogP) is 4.10. The Balaban J connectivity index is 1.36. The predicted molar refractivity (Wildman–Crippen MR) is 117 cm³/mol. The van der Waals surface area contributed by atoms with Gasteiger partial charge in [0.15, 0.2) is 5.82 Å². The Kier molecular flexibility index (Phi) is 6.36. The molecular formula is C22H27N5OS. The van der Waals surface area contributed by atoms with Crippen LogP contribution in [0.2, 0.25) is 0 Å². The molecule has 4 rings (SSSR count). The van der Waals surface area contributed by atoms with E-state index in [-0.39, 0.29) is 0 Å². The molecule has 1 aromatic carbocycles. The number of anilines is 1. The van der Waals surface area contributed by atoms with Crippen molar-refractivity contribution >= 4 is 17.2 Å². The zero-order valence-electron chi connectivity index (χ0n) is 17.0. The first-order chi connectivity index (χ1) is 14.2. The van der Waals surface area contributed by atoms with Crippen LogP contribution in [-0.4, -0.2) is 52.9 Å². The van der Waals surface area contributed by atoms with E-state index < -0.39 is 0 Å². The van der Waals surface area contributed by atoms with Gasteiger partial charge in [-0.1, -0.05) is 0 Å². The molecule has 0 bridgehead atoms. The van der Waals surface area contributed by atoms with E-state index in [9.17, 15) is 0 Å². The van der Waals surface area contributed by atoms with E-state index in [1.54, 1.807) is 17.5 Å². The molecule has 0 spiro atoms. The van der Waals surface area contributed by atoms with E-state index in [4.69, 9.17) is 9.72 Å². The van der Waals surface area contributed by atoms with Gasteiger partial charge in [0.05, 0.1) is 12.3 Å². The molecule has 1 atom stereocenters. The quantitative estimate of drug-likeness (QED) is 0.558. The Morgan fingerprint density at radius 3 is 2.86 bits per heavy atom. The number of benzene rings is 1. The summed E-state index contributed by atoms with van der Waals surface area (Å²) in [6.07, 6.45) is 4.12. The van der Waals surface area contributed by atoms with Gasteiger partial charge in [0.1, 0.15) is 10.8 Å². The van der Waals surface area contributed by atoms with E-state index in [2.05, 4.69) is 50.6 Å². The van der Waals surface area contributed by atoms with Crippen LogP contribution < -0.4 is 9.64 Å². The summed E-state index contributed by atoms with van der Waals surface area (Å²) in [5, 5.41) is 11.5. The first-order valence-corrected chi connectivity index (χ1v) is 11.0. The van der Waals surface area contributed by atoms with Gasteiger partial charge in [0.2, 0.25) is 0 Å². The van der Waals surface area contributed by atoms with E-state index in [0.717, 1.165) is 47.5 Å². The van der Waals surface area contributed by atoms with Crippen molar-refractivity contribution in [1.29, 1.82) is 0 Å². The summed E-state index contributed by atoms with van der Waals surface area (Å²) in [7, 11) is 2.17. The lowest BCUT2D eigenvalue weighted by molar-refractivity contribution is 0.300. The highest BCUT2D eigenvalue weighted by atomic mass is 32.1. The lowest BCUT2D eigenvalue weighted by Gasteiger charge is -2.28. The second-order valence-corrected chi connectivity index (χ2v) is 8.23. The fraction of sp³-hybridized carbons (Fsp3) is 0.409. The Labute approximate surface area is 176 Å². The zero-order chi connectivity index (χ0) is 20.1. The molecule has 0 amide bonds. The van der Waals surface area contributed by atoms with E-state index >= 15 is 0 Å². The highest BCUT2D eigenvalue weighted by molar-refractivity contribution is 7.13. The smallest absolute Gasteiger partial charge is 0.151 e. The van der Waals surface area contributed by atoms with Crippen molar-refractivity contribution in [2.75, 3.05) is 31.6 Å². The van der Waals surface area contributed by atoms with Gasteiger partial charge in [-0.25, -0.2) is 4.98 Å². The molecule has 3 aromatic rings. The molecule has 1 fully saturated rings. The Morgan fingerprint density at radius 2 is 2.10 bits per heavy atom. The summed E-state index contributed by atoms with van der Waals surface area (Å²) in [6.45, 7) is 5.57. The van der Waals surface area contributed by atoms with Crippen molar-refractivity contribution in [2.45, 2.75) is 32.4 Å². The van der Waals surface area contributed by atoms with Crippen LogP contribution >= 0.6 is 11.3 Å². The van der Waals surface area contributed by atoms with Crippen LogP contribution in [0.25, 0.3) is 10.6 Å². The molecule has 0 radical (unpaired) electrons. The van der Waals surface area contributed by atoms with Crippen molar-refractivity contribution in [3.63, 3.8) is 0 Å².